The molecular weight excluding hydrogens is 216 g/mol. The van der Waals surface area contributed by atoms with Crippen molar-refractivity contribution in [3.63, 3.8) is 0 Å². The molecule has 2 rings (SSSR count). The molecule has 4 nitrogen and oxygen atoms in total. The summed E-state index contributed by atoms with van der Waals surface area (Å²) in [7, 11) is 0. The van der Waals surface area contributed by atoms with Gasteiger partial charge in [0, 0.05) is 12.2 Å². The van der Waals surface area contributed by atoms with Gasteiger partial charge in [0.2, 0.25) is 0 Å². The number of hydrogen-bond acceptors (Lipinski definition) is 3. The molecule has 0 aromatic heterocycles. The van der Waals surface area contributed by atoms with Crippen LogP contribution in [0.4, 0.5) is 10.5 Å². The Morgan fingerprint density at radius 3 is 2.65 bits per heavy atom. The van der Waals surface area contributed by atoms with Crippen LogP contribution in [0.1, 0.15) is 12.8 Å². The van der Waals surface area contributed by atoms with Crippen LogP contribution in [-0.2, 0) is 4.74 Å². The molecule has 0 bridgehead atoms. The van der Waals surface area contributed by atoms with E-state index in [2.05, 4.69) is 10.2 Å². The molecule has 1 aliphatic heterocycles. The number of amides is 1. The molecule has 1 aromatic carbocycles. The minimum Gasteiger partial charge on any atom is -0.448 e. The summed E-state index contributed by atoms with van der Waals surface area (Å²) < 4.78 is 5.12. The Hall–Kier alpha value is -1.55. The lowest BCUT2D eigenvalue weighted by Gasteiger charge is -2.14. The van der Waals surface area contributed by atoms with E-state index in [9.17, 15) is 4.79 Å². The highest BCUT2D eigenvalue weighted by atomic mass is 16.5. The number of benzene rings is 1. The molecule has 1 fully saturated rings. The number of ether oxygens (including phenoxy) is 1. The third-order valence-corrected chi connectivity index (χ3v) is 2.86. The zero-order chi connectivity index (χ0) is 11.9. The van der Waals surface area contributed by atoms with E-state index < -0.39 is 0 Å². The fraction of sp³-hybridized carbons (Fsp3) is 0.462. The predicted octanol–water partition coefficient (Wildman–Crippen LogP) is 2.33. The maximum atomic E-state index is 11.4. The Kier molecular flexibility index (Phi) is 4.38. The van der Waals surface area contributed by atoms with Gasteiger partial charge in [0.05, 0.1) is 0 Å². The number of rotatable bonds is 4. The second kappa shape index (κ2) is 6.25. The van der Waals surface area contributed by atoms with Crippen LogP contribution in [0.5, 0.6) is 0 Å². The Morgan fingerprint density at radius 1 is 1.24 bits per heavy atom. The summed E-state index contributed by atoms with van der Waals surface area (Å²) in [5, 5.41) is 2.69. The lowest BCUT2D eigenvalue weighted by atomic mass is 10.3. The SMILES string of the molecule is O=C(Nc1ccccc1)OCCN1CCCC1. The van der Waals surface area contributed by atoms with Gasteiger partial charge in [-0.25, -0.2) is 4.79 Å². The van der Waals surface area contributed by atoms with Gasteiger partial charge in [-0.1, -0.05) is 18.2 Å². The molecule has 1 aromatic rings. The van der Waals surface area contributed by atoms with Crippen molar-refractivity contribution in [3.8, 4) is 0 Å². The number of nitrogens with zero attached hydrogens (tertiary/aromatic N) is 1. The first-order valence-electron chi connectivity index (χ1n) is 6.06. The van der Waals surface area contributed by atoms with Crippen LogP contribution in [0, 0.1) is 0 Å². The van der Waals surface area contributed by atoms with Gasteiger partial charge in [0.25, 0.3) is 0 Å². The number of nitrogens with one attached hydrogen (secondary N) is 1. The third kappa shape index (κ3) is 4.07. The van der Waals surface area contributed by atoms with E-state index in [0.717, 1.165) is 25.3 Å². The second-order valence-electron chi connectivity index (χ2n) is 4.18. The highest BCUT2D eigenvalue weighted by Crippen LogP contribution is 2.07. The number of likely N-dealkylation sites (tertiary alicyclic amines) is 1. The van der Waals surface area contributed by atoms with E-state index in [-0.39, 0.29) is 6.09 Å². The standard InChI is InChI=1S/C13H18N2O2/c16-13(14-12-6-2-1-3-7-12)17-11-10-15-8-4-5-9-15/h1-3,6-7H,4-5,8-11H2,(H,14,16). The molecule has 0 aliphatic carbocycles. The van der Waals surface area contributed by atoms with Crippen molar-refractivity contribution in [2.75, 3.05) is 31.6 Å². The van der Waals surface area contributed by atoms with E-state index in [1.165, 1.54) is 12.8 Å². The minimum atomic E-state index is -0.379. The van der Waals surface area contributed by atoms with Gasteiger partial charge in [-0.05, 0) is 38.1 Å². The highest BCUT2D eigenvalue weighted by molar-refractivity contribution is 5.84. The fourth-order valence-electron chi connectivity index (χ4n) is 1.95. The monoisotopic (exact) mass is 234 g/mol. The van der Waals surface area contributed by atoms with Crippen LogP contribution < -0.4 is 5.32 Å². The summed E-state index contributed by atoms with van der Waals surface area (Å²) >= 11 is 0. The van der Waals surface area contributed by atoms with Gasteiger partial charge in [-0.2, -0.15) is 0 Å². The zero-order valence-electron chi connectivity index (χ0n) is 9.89. The van der Waals surface area contributed by atoms with Crippen LogP contribution in [0.15, 0.2) is 30.3 Å². The first-order chi connectivity index (χ1) is 8.34. The second-order valence-corrected chi connectivity index (χ2v) is 4.18. The lowest BCUT2D eigenvalue weighted by Crippen LogP contribution is -2.26. The summed E-state index contributed by atoms with van der Waals surface area (Å²) in [5.74, 6) is 0. The van der Waals surface area contributed by atoms with Crippen LogP contribution in [0.25, 0.3) is 0 Å². The topological polar surface area (TPSA) is 41.6 Å². The molecule has 1 saturated heterocycles. The van der Waals surface area contributed by atoms with Gasteiger partial charge in [0.1, 0.15) is 6.61 Å². The maximum Gasteiger partial charge on any atom is 0.411 e. The van der Waals surface area contributed by atoms with Gasteiger partial charge < -0.3 is 4.74 Å². The summed E-state index contributed by atoms with van der Waals surface area (Å²) in [6.45, 7) is 3.55. The maximum absolute atomic E-state index is 11.4. The number of hydrogen-bond donors (Lipinski definition) is 1. The van der Waals surface area contributed by atoms with Crippen LogP contribution in [-0.4, -0.2) is 37.2 Å². The van der Waals surface area contributed by atoms with Gasteiger partial charge >= 0.3 is 6.09 Å². The van der Waals surface area contributed by atoms with E-state index >= 15 is 0 Å². The molecular formula is C13H18N2O2. The first kappa shape index (κ1) is 11.9. The summed E-state index contributed by atoms with van der Waals surface area (Å²) in [4.78, 5) is 13.7. The number of anilines is 1. The van der Waals surface area contributed by atoms with Crippen molar-refractivity contribution < 1.29 is 9.53 Å². The van der Waals surface area contributed by atoms with Crippen LogP contribution >= 0.6 is 0 Å². The average Bonchev–Trinajstić information content (AvgIpc) is 2.83. The molecule has 0 spiro atoms. The van der Waals surface area contributed by atoms with E-state index in [4.69, 9.17) is 4.74 Å². The zero-order valence-corrected chi connectivity index (χ0v) is 9.89. The molecule has 1 amide bonds. The Morgan fingerprint density at radius 2 is 1.94 bits per heavy atom. The number of carbonyl (C=O) groups excluding carboxylic acids is 1. The summed E-state index contributed by atoms with van der Waals surface area (Å²) in [5.41, 5.74) is 0.763. The van der Waals surface area contributed by atoms with Crippen molar-refractivity contribution in [2.24, 2.45) is 0 Å². The van der Waals surface area contributed by atoms with Crippen molar-refractivity contribution >= 4 is 11.8 Å². The highest BCUT2D eigenvalue weighted by Gasteiger charge is 2.11. The van der Waals surface area contributed by atoms with Crippen molar-refractivity contribution in [1.29, 1.82) is 0 Å². The van der Waals surface area contributed by atoms with Gasteiger partial charge in [0.15, 0.2) is 0 Å². The minimum absolute atomic E-state index is 0.379. The molecule has 0 unspecified atom stereocenters. The molecule has 0 saturated carbocycles. The Labute approximate surface area is 102 Å². The van der Waals surface area contributed by atoms with Gasteiger partial charge in [-0.3, -0.25) is 10.2 Å². The summed E-state index contributed by atoms with van der Waals surface area (Å²) in [6.07, 6.45) is 2.14. The molecule has 4 heteroatoms. The largest absolute Gasteiger partial charge is 0.448 e. The van der Waals surface area contributed by atoms with Gasteiger partial charge in [-0.15, -0.1) is 0 Å². The lowest BCUT2D eigenvalue weighted by molar-refractivity contribution is 0.146. The van der Waals surface area contributed by atoms with Crippen molar-refractivity contribution in [1.82, 2.24) is 4.90 Å². The van der Waals surface area contributed by atoms with E-state index in [0.29, 0.717) is 6.61 Å². The quantitative estimate of drug-likeness (QED) is 0.869. The van der Waals surface area contributed by atoms with Crippen LogP contribution in [0.3, 0.4) is 0 Å². The first-order valence-corrected chi connectivity index (χ1v) is 6.06. The van der Waals surface area contributed by atoms with Crippen LogP contribution in [0.2, 0.25) is 0 Å². The fourth-order valence-corrected chi connectivity index (χ4v) is 1.95. The normalized spacial score (nSPS) is 15.8. The Balaban J connectivity index is 1.64. The molecule has 92 valence electrons. The Bertz CT molecular complexity index is 348. The molecule has 17 heavy (non-hydrogen) atoms. The van der Waals surface area contributed by atoms with Crippen molar-refractivity contribution in [3.05, 3.63) is 30.3 Å². The predicted molar refractivity (Wildman–Crippen MR) is 67.1 cm³/mol. The van der Waals surface area contributed by atoms with Crippen molar-refractivity contribution in [2.45, 2.75) is 12.8 Å². The smallest absolute Gasteiger partial charge is 0.411 e. The number of para-hydroxylation sites is 1. The number of carbonyl (C=O) groups is 1. The average molecular weight is 234 g/mol. The van der Waals surface area contributed by atoms with E-state index in [1.807, 2.05) is 30.3 Å². The molecule has 0 radical (unpaired) electrons. The molecule has 1 aliphatic rings. The molecule has 1 heterocycles. The third-order valence-electron chi connectivity index (χ3n) is 2.86. The molecule has 1 N–H and O–H groups in total. The summed E-state index contributed by atoms with van der Waals surface area (Å²) in [6, 6.07) is 9.33. The molecule has 0 atom stereocenters. The van der Waals surface area contributed by atoms with E-state index in [1.54, 1.807) is 0 Å².